The molecule has 0 bridgehead atoms. The lowest BCUT2D eigenvalue weighted by molar-refractivity contribution is 0.209. The normalized spacial score (nSPS) is 11.9. The fourth-order valence-corrected chi connectivity index (χ4v) is 0.937. The minimum Gasteiger partial charge on any atom is -0.352 e. The molecule has 1 heterocycles. The van der Waals surface area contributed by atoms with Crippen molar-refractivity contribution in [2.45, 2.75) is 26.3 Å². The number of likely N-dealkylation sites (N-methyl/N-ethyl adjacent to an activating group) is 1. The molecule has 0 atom stereocenters. The van der Waals surface area contributed by atoms with E-state index < -0.39 is 0 Å². The molecule has 1 N–H and O–H groups in total. The predicted octanol–water partition coefficient (Wildman–Crippen LogP) is 1.54. The molecule has 0 aliphatic carbocycles. The number of anilines is 1. The maximum atomic E-state index is 4.20. The van der Waals surface area contributed by atoms with E-state index in [1.165, 1.54) is 0 Å². The van der Waals surface area contributed by atoms with Crippen molar-refractivity contribution in [2.75, 3.05) is 26.0 Å². The molecule has 0 saturated carbocycles. The molecule has 0 radical (unpaired) electrons. The summed E-state index contributed by atoms with van der Waals surface area (Å²) >= 11 is 0. The van der Waals surface area contributed by atoms with Gasteiger partial charge in [-0.25, -0.2) is 9.97 Å². The molecule has 0 fully saturated rings. The topological polar surface area (TPSA) is 41.1 Å². The van der Waals surface area contributed by atoms with Crippen LogP contribution in [0, 0.1) is 6.92 Å². The quantitative estimate of drug-likeness (QED) is 0.815. The summed E-state index contributed by atoms with van der Waals surface area (Å²) in [4.78, 5) is 10.6. The molecule has 1 rings (SSSR count). The lowest BCUT2D eigenvalue weighted by Crippen LogP contribution is -2.44. The minimum atomic E-state index is 0.0915. The van der Waals surface area contributed by atoms with Gasteiger partial charge in [-0.1, -0.05) is 0 Å². The first-order valence-electron chi connectivity index (χ1n) is 5.12. The van der Waals surface area contributed by atoms with Crippen LogP contribution in [0.15, 0.2) is 12.4 Å². The highest BCUT2D eigenvalue weighted by molar-refractivity contribution is 5.25. The summed E-state index contributed by atoms with van der Waals surface area (Å²) in [5.41, 5.74) is 1.17. The lowest BCUT2D eigenvalue weighted by atomic mass is 10.1. The molecular weight excluding hydrogens is 188 g/mol. The number of rotatable bonds is 4. The van der Waals surface area contributed by atoms with Crippen LogP contribution >= 0.6 is 0 Å². The summed E-state index contributed by atoms with van der Waals surface area (Å²) in [5, 5.41) is 3.23. The monoisotopic (exact) mass is 208 g/mol. The summed E-state index contributed by atoms with van der Waals surface area (Å²) in [6.45, 7) is 7.15. The third kappa shape index (κ3) is 3.47. The van der Waals surface area contributed by atoms with Gasteiger partial charge < -0.3 is 10.2 Å². The molecule has 0 spiro atoms. The first kappa shape index (κ1) is 11.9. The zero-order valence-electron chi connectivity index (χ0n) is 10.2. The second kappa shape index (κ2) is 4.57. The molecule has 15 heavy (non-hydrogen) atoms. The Morgan fingerprint density at radius 3 is 2.27 bits per heavy atom. The van der Waals surface area contributed by atoms with Gasteiger partial charge in [-0.3, -0.25) is 0 Å². The first-order chi connectivity index (χ1) is 6.92. The molecular formula is C11H20N4. The SMILES string of the molecule is Cc1cnc(NCC(C)(C)N(C)C)nc1. The van der Waals surface area contributed by atoms with E-state index in [-0.39, 0.29) is 5.54 Å². The van der Waals surface area contributed by atoms with Crippen molar-refractivity contribution in [1.82, 2.24) is 14.9 Å². The van der Waals surface area contributed by atoms with Crippen LogP contribution in [-0.2, 0) is 0 Å². The van der Waals surface area contributed by atoms with Gasteiger partial charge in [0.1, 0.15) is 0 Å². The van der Waals surface area contributed by atoms with E-state index in [0.29, 0.717) is 5.95 Å². The highest BCUT2D eigenvalue weighted by Crippen LogP contribution is 2.10. The third-order valence-electron chi connectivity index (χ3n) is 2.67. The van der Waals surface area contributed by atoms with Crippen molar-refractivity contribution >= 4 is 5.95 Å². The zero-order chi connectivity index (χ0) is 11.5. The summed E-state index contributed by atoms with van der Waals surface area (Å²) in [6, 6.07) is 0. The van der Waals surface area contributed by atoms with Crippen LogP contribution in [0.5, 0.6) is 0 Å². The maximum absolute atomic E-state index is 4.20. The molecule has 4 heteroatoms. The number of nitrogens with one attached hydrogen (secondary N) is 1. The highest BCUT2D eigenvalue weighted by atomic mass is 15.2. The summed E-state index contributed by atoms with van der Waals surface area (Å²) < 4.78 is 0. The van der Waals surface area contributed by atoms with E-state index in [9.17, 15) is 0 Å². The molecule has 0 aliphatic rings. The van der Waals surface area contributed by atoms with Crippen molar-refractivity contribution in [1.29, 1.82) is 0 Å². The fraction of sp³-hybridized carbons (Fsp3) is 0.636. The number of hydrogen-bond acceptors (Lipinski definition) is 4. The van der Waals surface area contributed by atoms with Crippen LogP contribution in [-0.4, -0.2) is 41.0 Å². The molecule has 0 unspecified atom stereocenters. The second-order valence-electron chi connectivity index (χ2n) is 4.64. The number of nitrogens with zero attached hydrogens (tertiary/aromatic N) is 3. The summed E-state index contributed by atoms with van der Waals surface area (Å²) in [5.74, 6) is 0.690. The molecule has 0 aromatic carbocycles. The van der Waals surface area contributed by atoms with Gasteiger partial charge in [0.25, 0.3) is 0 Å². The predicted molar refractivity (Wildman–Crippen MR) is 63.0 cm³/mol. The van der Waals surface area contributed by atoms with Crippen LogP contribution in [0.4, 0.5) is 5.95 Å². The van der Waals surface area contributed by atoms with E-state index in [4.69, 9.17) is 0 Å². The largest absolute Gasteiger partial charge is 0.352 e. The Hall–Kier alpha value is -1.16. The zero-order valence-corrected chi connectivity index (χ0v) is 10.2. The van der Waals surface area contributed by atoms with Gasteiger partial charge in [0.2, 0.25) is 5.95 Å². The Morgan fingerprint density at radius 1 is 1.27 bits per heavy atom. The molecule has 0 saturated heterocycles. The maximum Gasteiger partial charge on any atom is 0.222 e. The van der Waals surface area contributed by atoms with Crippen molar-refractivity contribution in [3.63, 3.8) is 0 Å². The van der Waals surface area contributed by atoms with Crippen molar-refractivity contribution in [3.05, 3.63) is 18.0 Å². The standard InChI is InChI=1S/C11H20N4/c1-9-6-12-10(13-7-9)14-8-11(2,3)15(4)5/h6-7H,8H2,1-5H3,(H,12,13,14). The fourth-order valence-electron chi connectivity index (χ4n) is 0.937. The Kier molecular flexibility index (Phi) is 3.63. The van der Waals surface area contributed by atoms with Crippen LogP contribution < -0.4 is 5.32 Å². The summed E-state index contributed by atoms with van der Waals surface area (Å²) in [7, 11) is 4.13. The van der Waals surface area contributed by atoms with Crippen molar-refractivity contribution in [3.8, 4) is 0 Å². The van der Waals surface area contributed by atoms with Gasteiger partial charge in [-0.2, -0.15) is 0 Å². The summed E-state index contributed by atoms with van der Waals surface area (Å²) in [6.07, 6.45) is 3.63. The Bertz CT molecular complexity index is 303. The molecule has 4 nitrogen and oxygen atoms in total. The first-order valence-corrected chi connectivity index (χ1v) is 5.12. The highest BCUT2D eigenvalue weighted by Gasteiger charge is 2.20. The van der Waals surface area contributed by atoms with Crippen molar-refractivity contribution in [2.24, 2.45) is 0 Å². The van der Waals surface area contributed by atoms with Gasteiger partial charge in [0.05, 0.1) is 0 Å². The van der Waals surface area contributed by atoms with Crippen LogP contribution in [0.3, 0.4) is 0 Å². The smallest absolute Gasteiger partial charge is 0.222 e. The van der Waals surface area contributed by atoms with Crippen LogP contribution in [0.2, 0.25) is 0 Å². The van der Waals surface area contributed by atoms with Crippen molar-refractivity contribution < 1.29 is 0 Å². The van der Waals surface area contributed by atoms with E-state index in [0.717, 1.165) is 12.1 Å². The van der Waals surface area contributed by atoms with Gasteiger partial charge in [0.15, 0.2) is 0 Å². The van der Waals surface area contributed by atoms with Gasteiger partial charge >= 0.3 is 0 Å². The van der Waals surface area contributed by atoms with E-state index in [1.54, 1.807) is 0 Å². The molecule has 1 aromatic heterocycles. The second-order valence-corrected chi connectivity index (χ2v) is 4.64. The van der Waals surface area contributed by atoms with Gasteiger partial charge in [-0.05, 0) is 40.4 Å². The number of aryl methyl sites for hydroxylation is 1. The van der Waals surface area contributed by atoms with Gasteiger partial charge in [0, 0.05) is 24.5 Å². The molecule has 0 aliphatic heterocycles. The van der Waals surface area contributed by atoms with Crippen LogP contribution in [0.1, 0.15) is 19.4 Å². The lowest BCUT2D eigenvalue weighted by Gasteiger charge is -2.32. The number of hydrogen-bond donors (Lipinski definition) is 1. The van der Waals surface area contributed by atoms with E-state index >= 15 is 0 Å². The number of aromatic nitrogens is 2. The molecule has 0 amide bonds. The molecule has 1 aromatic rings. The van der Waals surface area contributed by atoms with E-state index in [1.807, 2.05) is 19.3 Å². The Labute approximate surface area is 91.7 Å². The van der Waals surface area contributed by atoms with Crippen LogP contribution in [0.25, 0.3) is 0 Å². The average Bonchev–Trinajstić information content (AvgIpc) is 2.17. The molecule has 84 valence electrons. The Balaban J connectivity index is 2.54. The van der Waals surface area contributed by atoms with Gasteiger partial charge in [-0.15, -0.1) is 0 Å². The third-order valence-corrected chi connectivity index (χ3v) is 2.67. The average molecular weight is 208 g/mol. The van der Waals surface area contributed by atoms with E-state index in [2.05, 4.69) is 48.1 Å². The Morgan fingerprint density at radius 2 is 1.80 bits per heavy atom. The minimum absolute atomic E-state index is 0.0915.